The van der Waals surface area contributed by atoms with E-state index in [0.717, 1.165) is 16.0 Å². The average molecular weight is 365 g/mol. The third-order valence-electron chi connectivity index (χ3n) is 4.37. The minimum Gasteiger partial charge on any atom is -0.345 e. The number of fused-ring (bicyclic) bond motifs is 1. The van der Waals surface area contributed by atoms with Gasteiger partial charge in [0.1, 0.15) is 6.54 Å². The summed E-state index contributed by atoms with van der Waals surface area (Å²) in [5.41, 5.74) is 3.10. The molecule has 2 aromatic carbocycles. The summed E-state index contributed by atoms with van der Waals surface area (Å²) < 4.78 is 0. The van der Waals surface area contributed by atoms with Crippen molar-refractivity contribution in [3.8, 4) is 0 Å². The third-order valence-corrected chi connectivity index (χ3v) is 4.37. The number of amides is 4. The van der Waals surface area contributed by atoms with Gasteiger partial charge in [-0.05, 0) is 37.1 Å². The molecule has 2 aromatic rings. The predicted octanol–water partition coefficient (Wildman–Crippen LogP) is 1.65. The highest BCUT2D eigenvalue weighted by atomic mass is 16.2. The van der Waals surface area contributed by atoms with Crippen molar-refractivity contribution in [3.05, 3.63) is 64.7 Å². The number of rotatable bonds is 5. The van der Waals surface area contributed by atoms with E-state index < -0.39 is 24.3 Å². The summed E-state index contributed by atoms with van der Waals surface area (Å²) in [6.07, 6.45) is 0. The minimum atomic E-state index is -0.582. The zero-order valence-corrected chi connectivity index (χ0v) is 15.0. The van der Waals surface area contributed by atoms with Crippen molar-refractivity contribution in [2.75, 3.05) is 18.4 Å². The van der Waals surface area contributed by atoms with Gasteiger partial charge >= 0.3 is 0 Å². The minimum absolute atomic E-state index is 0.254. The Morgan fingerprint density at radius 3 is 1.96 bits per heavy atom. The molecule has 0 unspecified atom stereocenters. The van der Waals surface area contributed by atoms with Gasteiger partial charge in [-0.2, -0.15) is 0 Å². The quantitative estimate of drug-likeness (QED) is 0.788. The lowest BCUT2D eigenvalue weighted by atomic mass is 10.1. The summed E-state index contributed by atoms with van der Waals surface area (Å²) in [4.78, 5) is 49.6. The maximum Gasteiger partial charge on any atom is 0.262 e. The molecule has 7 heteroatoms. The standard InChI is InChI=1S/C20H19N3O4/c1-12-6-5-7-13(2)18(12)22-16(24)10-21-17(25)11-23-19(26)14-8-3-4-9-15(14)20(23)27/h3-9H,10-11H2,1-2H3,(H,21,25)(H,22,24). The molecule has 0 atom stereocenters. The molecule has 0 radical (unpaired) electrons. The third kappa shape index (κ3) is 3.72. The van der Waals surface area contributed by atoms with Gasteiger partial charge in [0.25, 0.3) is 11.8 Å². The highest BCUT2D eigenvalue weighted by Gasteiger charge is 2.36. The number of aryl methyl sites for hydroxylation is 2. The second-order valence-electron chi connectivity index (χ2n) is 6.33. The summed E-state index contributed by atoms with van der Waals surface area (Å²) in [6, 6.07) is 12.1. The highest BCUT2D eigenvalue weighted by Crippen LogP contribution is 2.22. The van der Waals surface area contributed by atoms with Crippen LogP contribution in [0.15, 0.2) is 42.5 Å². The second kappa shape index (κ2) is 7.41. The fraction of sp³-hybridized carbons (Fsp3) is 0.200. The Morgan fingerprint density at radius 2 is 1.41 bits per heavy atom. The molecule has 1 heterocycles. The van der Waals surface area contributed by atoms with Crippen LogP contribution in [0.5, 0.6) is 0 Å². The molecule has 0 spiro atoms. The number of hydrogen-bond acceptors (Lipinski definition) is 4. The van der Waals surface area contributed by atoms with E-state index in [2.05, 4.69) is 10.6 Å². The monoisotopic (exact) mass is 365 g/mol. The van der Waals surface area contributed by atoms with E-state index in [0.29, 0.717) is 5.69 Å². The van der Waals surface area contributed by atoms with Gasteiger partial charge in [-0.1, -0.05) is 30.3 Å². The molecule has 0 bridgehead atoms. The molecule has 27 heavy (non-hydrogen) atoms. The Morgan fingerprint density at radius 1 is 0.852 bits per heavy atom. The zero-order valence-electron chi connectivity index (χ0n) is 15.0. The van der Waals surface area contributed by atoms with Crippen molar-refractivity contribution in [3.63, 3.8) is 0 Å². The van der Waals surface area contributed by atoms with E-state index in [9.17, 15) is 19.2 Å². The fourth-order valence-corrected chi connectivity index (χ4v) is 2.96. The van der Waals surface area contributed by atoms with Gasteiger partial charge in [0.2, 0.25) is 11.8 Å². The Balaban J connectivity index is 1.55. The van der Waals surface area contributed by atoms with Crippen LogP contribution in [0.2, 0.25) is 0 Å². The van der Waals surface area contributed by atoms with Crippen LogP contribution in [-0.2, 0) is 9.59 Å². The molecule has 0 saturated carbocycles. The van der Waals surface area contributed by atoms with E-state index in [4.69, 9.17) is 0 Å². The van der Waals surface area contributed by atoms with E-state index in [-0.39, 0.29) is 23.6 Å². The SMILES string of the molecule is Cc1cccc(C)c1NC(=O)CNC(=O)CN1C(=O)c2ccccc2C1=O. The lowest BCUT2D eigenvalue weighted by Crippen LogP contribution is -2.42. The van der Waals surface area contributed by atoms with Crippen molar-refractivity contribution in [2.45, 2.75) is 13.8 Å². The van der Waals surface area contributed by atoms with Gasteiger partial charge in [-0.15, -0.1) is 0 Å². The van der Waals surface area contributed by atoms with E-state index in [1.54, 1.807) is 24.3 Å². The largest absolute Gasteiger partial charge is 0.345 e. The van der Waals surface area contributed by atoms with Gasteiger partial charge in [0.15, 0.2) is 0 Å². The number of carbonyl (C=O) groups is 4. The number of anilines is 1. The van der Waals surface area contributed by atoms with Crippen LogP contribution < -0.4 is 10.6 Å². The van der Waals surface area contributed by atoms with Gasteiger partial charge < -0.3 is 10.6 Å². The molecule has 1 aliphatic rings. The Kier molecular flexibility index (Phi) is 5.03. The smallest absolute Gasteiger partial charge is 0.262 e. The van der Waals surface area contributed by atoms with Crippen molar-refractivity contribution >= 4 is 29.3 Å². The van der Waals surface area contributed by atoms with Crippen molar-refractivity contribution in [2.24, 2.45) is 0 Å². The molecule has 3 rings (SSSR count). The Bertz CT molecular complexity index is 897. The summed E-state index contributed by atoms with van der Waals surface area (Å²) in [6.45, 7) is 3.08. The lowest BCUT2D eigenvalue weighted by Gasteiger charge is -2.14. The van der Waals surface area contributed by atoms with Crippen LogP contribution >= 0.6 is 0 Å². The number of nitrogens with zero attached hydrogens (tertiary/aromatic N) is 1. The van der Waals surface area contributed by atoms with Crippen LogP contribution in [-0.4, -0.2) is 41.6 Å². The topological polar surface area (TPSA) is 95.6 Å². The normalized spacial score (nSPS) is 12.7. The molecule has 0 aromatic heterocycles. The van der Waals surface area contributed by atoms with Gasteiger partial charge in [-0.25, -0.2) is 0 Å². The summed E-state index contributed by atoms with van der Waals surface area (Å²) >= 11 is 0. The molecule has 0 fully saturated rings. The molecule has 0 saturated heterocycles. The maximum atomic E-state index is 12.2. The first-order valence-electron chi connectivity index (χ1n) is 8.46. The molecular weight excluding hydrogens is 346 g/mol. The van der Waals surface area contributed by atoms with Crippen molar-refractivity contribution in [1.82, 2.24) is 10.2 Å². The molecule has 0 aliphatic carbocycles. The molecule has 7 nitrogen and oxygen atoms in total. The maximum absolute atomic E-state index is 12.2. The van der Waals surface area contributed by atoms with Crippen LogP contribution in [0.3, 0.4) is 0 Å². The van der Waals surface area contributed by atoms with Crippen LogP contribution in [0.4, 0.5) is 5.69 Å². The average Bonchev–Trinajstić information content (AvgIpc) is 2.88. The van der Waals surface area contributed by atoms with E-state index in [1.807, 2.05) is 32.0 Å². The fourth-order valence-electron chi connectivity index (χ4n) is 2.96. The van der Waals surface area contributed by atoms with E-state index in [1.165, 1.54) is 0 Å². The number of nitrogens with one attached hydrogen (secondary N) is 2. The molecule has 1 aliphatic heterocycles. The van der Waals surface area contributed by atoms with Crippen molar-refractivity contribution in [1.29, 1.82) is 0 Å². The number of carbonyl (C=O) groups excluding carboxylic acids is 4. The summed E-state index contributed by atoms with van der Waals surface area (Å²) in [5.74, 6) is -1.99. The number of imide groups is 1. The summed E-state index contributed by atoms with van der Waals surface area (Å²) in [5, 5.41) is 5.20. The first-order valence-corrected chi connectivity index (χ1v) is 8.46. The summed E-state index contributed by atoms with van der Waals surface area (Å²) in [7, 11) is 0. The van der Waals surface area contributed by atoms with Gasteiger partial charge in [-0.3, -0.25) is 24.1 Å². The number of hydrogen-bond donors (Lipinski definition) is 2. The zero-order chi connectivity index (χ0) is 19.6. The molecular formula is C20H19N3O4. The first-order chi connectivity index (χ1) is 12.9. The first kappa shape index (κ1) is 18.3. The Labute approximate surface area is 156 Å². The Hall–Kier alpha value is -3.48. The highest BCUT2D eigenvalue weighted by molar-refractivity contribution is 6.22. The molecule has 4 amide bonds. The number of benzene rings is 2. The van der Waals surface area contributed by atoms with Crippen LogP contribution in [0.1, 0.15) is 31.8 Å². The number of para-hydroxylation sites is 1. The van der Waals surface area contributed by atoms with Crippen molar-refractivity contribution < 1.29 is 19.2 Å². The van der Waals surface area contributed by atoms with E-state index >= 15 is 0 Å². The second-order valence-corrected chi connectivity index (χ2v) is 6.33. The van der Waals surface area contributed by atoms with Gasteiger partial charge in [0.05, 0.1) is 17.7 Å². The van der Waals surface area contributed by atoms with Crippen LogP contribution in [0, 0.1) is 13.8 Å². The van der Waals surface area contributed by atoms with Crippen LogP contribution in [0.25, 0.3) is 0 Å². The predicted molar refractivity (Wildman–Crippen MR) is 99.4 cm³/mol. The molecule has 138 valence electrons. The van der Waals surface area contributed by atoms with Gasteiger partial charge in [0, 0.05) is 5.69 Å². The molecule has 2 N–H and O–H groups in total. The lowest BCUT2D eigenvalue weighted by molar-refractivity contribution is -0.124.